The highest BCUT2D eigenvalue weighted by molar-refractivity contribution is 7.78. The van der Waals surface area contributed by atoms with Crippen LogP contribution < -0.4 is 0 Å². The standard InChI is InChI=1S/C5H9NO4S/c1-4-2-3-6(5(7)8)11(9)10-4/h4H,2-3H2,1H3,(H,7,8)/t4-,11?/m1/s1. The van der Waals surface area contributed by atoms with Gasteiger partial charge < -0.3 is 5.11 Å². The van der Waals surface area contributed by atoms with Crippen molar-refractivity contribution in [2.45, 2.75) is 19.4 Å². The number of carboxylic acid groups (broad SMARTS) is 1. The summed E-state index contributed by atoms with van der Waals surface area (Å²) in [6.45, 7) is 2.04. The highest BCUT2D eigenvalue weighted by Gasteiger charge is 2.27. The molecule has 1 heterocycles. The zero-order valence-corrected chi connectivity index (χ0v) is 6.84. The van der Waals surface area contributed by atoms with E-state index in [9.17, 15) is 9.00 Å². The molecule has 64 valence electrons. The lowest BCUT2D eigenvalue weighted by Gasteiger charge is -2.25. The summed E-state index contributed by atoms with van der Waals surface area (Å²) in [6, 6.07) is 0. The van der Waals surface area contributed by atoms with Gasteiger partial charge in [-0.05, 0) is 13.3 Å². The molecule has 0 bridgehead atoms. The maximum absolute atomic E-state index is 10.9. The van der Waals surface area contributed by atoms with Gasteiger partial charge in [-0.15, -0.1) is 0 Å². The lowest BCUT2D eigenvalue weighted by Crippen LogP contribution is -2.40. The molecule has 0 aliphatic carbocycles. The van der Waals surface area contributed by atoms with Gasteiger partial charge in [0.1, 0.15) is 0 Å². The number of hydrogen-bond donors (Lipinski definition) is 1. The van der Waals surface area contributed by atoms with E-state index in [1.165, 1.54) is 0 Å². The quantitative estimate of drug-likeness (QED) is 0.582. The van der Waals surface area contributed by atoms with E-state index < -0.39 is 17.4 Å². The van der Waals surface area contributed by atoms with Crippen LogP contribution >= 0.6 is 0 Å². The molecule has 1 unspecified atom stereocenters. The van der Waals surface area contributed by atoms with Gasteiger partial charge in [-0.25, -0.2) is 13.3 Å². The molecule has 0 spiro atoms. The van der Waals surface area contributed by atoms with Gasteiger partial charge >= 0.3 is 6.09 Å². The van der Waals surface area contributed by atoms with Crippen molar-refractivity contribution in [3.05, 3.63) is 0 Å². The second kappa shape index (κ2) is 3.19. The van der Waals surface area contributed by atoms with Gasteiger partial charge in [0.15, 0.2) is 0 Å². The molecule has 0 aromatic heterocycles. The maximum atomic E-state index is 10.9. The average molecular weight is 179 g/mol. The molecule has 11 heavy (non-hydrogen) atoms. The highest BCUT2D eigenvalue weighted by Crippen LogP contribution is 2.13. The lowest BCUT2D eigenvalue weighted by molar-refractivity contribution is 0.138. The normalized spacial score (nSPS) is 31.9. The molecule has 0 aromatic rings. The van der Waals surface area contributed by atoms with Crippen LogP contribution in [0, 0.1) is 0 Å². The number of rotatable bonds is 0. The van der Waals surface area contributed by atoms with Crippen molar-refractivity contribution in [3.8, 4) is 0 Å². The first-order chi connectivity index (χ1) is 5.11. The fraction of sp³-hybridized carbons (Fsp3) is 0.800. The van der Waals surface area contributed by atoms with E-state index >= 15 is 0 Å². The second-order valence-corrected chi connectivity index (χ2v) is 3.36. The number of amides is 1. The van der Waals surface area contributed by atoms with Crippen molar-refractivity contribution in [2.24, 2.45) is 0 Å². The minimum absolute atomic E-state index is 0.119. The Morgan fingerprint density at radius 2 is 2.45 bits per heavy atom. The number of carbonyl (C=O) groups is 1. The molecule has 1 rings (SSSR count). The summed E-state index contributed by atoms with van der Waals surface area (Å²) in [6.07, 6.45) is -0.723. The average Bonchev–Trinajstić information content (AvgIpc) is 1.85. The minimum atomic E-state index is -1.80. The largest absolute Gasteiger partial charge is 0.464 e. The van der Waals surface area contributed by atoms with Crippen LogP contribution in [0.15, 0.2) is 0 Å². The SMILES string of the molecule is C[C@@H]1CCN(C(=O)O)S(=O)O1. The monoisotopic (exact) mass is 179 g/mol. The molecular weight excluding hydrogens is 170 g/mol. The Labute approximate surface area is 66.7 Å². The van der Waals surface area contributed by atoms with E-state index in [-0.39, 0.29) is 12.6 Å². The van der Waals surface area contributed by atoms with E-state index in [1.54, 1.807) is 6.92 Å². The van der Waals surface area contributed by atoms with Crippen LogP contribution in [0.2, 0.25) is 0 Å². The summed E-state index contributed by atoms with van der Waals surface area (Å²) in [7, 11) is 0. The molecule has 5 nitrogen and oxygen atoms in total. The van der Waals surface area contributed by atoms with Crippen molar-refractivity contribution in [1.82, 2.24) is 4.31 Å². The molecule has 1 aliphatic rings. The van der Waals surface area contributed by atoms with Gasteiger partial charge in [-0.3, -0.25) is 4.18 Å². The Balaban J connectivity index is 2.58. The molecule has 1 fully saturated rings. The van der Waals surface area contributed by atoms with Crippen molar-refractivity contribution < 1.29 is 18.3 Å². The van der Waals surface area contributed by atoms with Crippen molar-refractivity contribution >= 4 is 17.4 Å². The van der Waals surface area contributed by atoms with Crippen molar-refractivity contribution in [1.29, 1.82) is 0 Å². The predicted octanol–water partition coefficient (Wildman–Crippen LogP) is 0.354. The third-order valence-corrected chi connectivity index (χ3v) is 2.57. The Morgan fingerprint density at radius 1 is 1.82 bits per heavy atom. The maximum Gasteiger partial charge on any atom is 0.421 e. The van der Waals surface area contributed by atoms with Crippen molar-refractivity contribution in [3.63, 3.8) is 0 Å². The third kappa shape index (κ3) is 1.90. The van der Waals surface area contributed by atoms with Crippen LogP contribution in [0.4, 0.5) is 4.79 Å². The van der Waals surface area contributed by atoms with Crippen LogP contribution in [-0.2, 0) is 15.4 Å². The van der Waals surface area contributed by atoms with Gasteiger partial charge in [0.25, 0.3) is 11.3 Å². The molecule has 6 heteroatoms. The van der Waals surface area contributed by atoms with Gasteiger partial charge in [0.05, 0.1) is 6.10 Å². The van der Waals surface area contributed by atoms with E-state index in [1.807, 2.05) is 0 Å². The number of hydrogen-bond acceptors (Lipinski definition) is 3. The molecular formula is C5H9NO4S. The van der Waals surface area contributed by atoms with Gasteiger partial charge in [0.2, 0.25) is 0 Å². The highest BCUT2D eigenvalue weighted by atomic mass is 32.2. The third-order valence-electron chi connectivity index (χ3n) is 1.38. The van der Waals surface area contributed by atoms with Gasteiger partial charge in [-0.2, -0.15) is 0 Å². The fourth-order valence-electron chi connectivity index (χ4n) is 0.774. The van der Waals surface area contributed by atoms with E-state index in [0.29, 0.717) is 6.42 Å². The Morgan fingerprint density at radius 3 is 2.91 bits per heavy atom. The van der Waals surface area contributed by atoms with Crippen LogP contribution in [0.3, 0.4) is 0 Å². The predicted molar refractivity (Wildman–Crippen MR) is 38.0 cm³/mol. The Bertz CT molecular complexity index is 195. The minimum Gasteiger partial charge on any atom is -0.464 e. The van der Waals surface area contributed by atoms with E-state index in [0.717, 1.165) is 4.31 Å². The summed E-state index contributed by atoms with van der Waals surface area (Å²) < 4.78 is 16.4. The molecule has 2 atom stereocenters. The summed E-state index contributed by atoms with van der Waals surface area (Å²) in [5, 5.41) is 8.45. The molecule has 0 radical (unpaired) electrons. The first-order valence-electron chi connectivity index (χ1n) is 3.20. The van der Waals surface area contributed by atoms with Crippen LogP contribution in [-0.4, -0.2) is 32.4 Å². The molecule has 1 saturated heterocycles. The molecule has 1 N–H and O–H groups in total. The fourth-order valence-corrected chi connectivity index (χ4v) is 1.64. The zero-order chi connectivity index (χ0) is 8.43. The van der Waals surface area contributed by atoms with Crippen LogP contribution in [0.5, 0.6) is 0 Å². The zero-order valence-electron chi connectivity index (χ0n) is 6.02. The second-order valence-electron chi connectivity index (χ2n) is 2.30. The van der Waals surface area contributed by atoms with Crippen molar-refractivity contribution in [2.75, 3.05) is 6.54 Å². The summed E-state index contributed by atoms with van der Waals surface area (Å²) in [5.74, 6) is 0. The van der Waals surface area contributed by atoms with Crippen LogP contribution in [0.1, 0.15) is 13.3 Å². The summed E-state index contributed by atoms with van der Waals surface area (Å²) in [5.41, 5.74) is 0. The molecule has 1 aliphatic heterocycles. The molecule has 0 saturated carbocycles. The summed E-state index contributed by atoms with van der Waals surface area (Å²) >= 11 is -1.80. The first kappa shape index (κ1) is 8.48. The molecule has 1 amide bonds. The smallest absolute Gasteiger partial charge is 0.421 e. The van der Waals surface area contributed by atoms with Crippen LogP contribution in [0.25, 0.3) is 0 Å². The Hall–Kier alpha value is -0.620. The molecule has 0 aromatic carbocycles. The number of nitrogens with zero attached hydrogens (tertiary/aromatic N) is 1. The van der Waals surface area contributed by atoms with Gasteiger partial charge in [0, 0.05) is 6.54 Å². The Kier molecular flexibility index (Phi) is 2.45. The topological polar surface area (TPSA) is 66.8 Å². The van der Waals surface area contributed by atoms with E-state index in [4.69, 9.17) is 9.29 Å². The van der Waals surface area contributed by atoms with E-state index in [2.05, 4.69) is 0 Å². The van der Waals surface area contributed by atoms with Gasteiger partial charge in [-0.1, -0.05) is 0 Å². The first-order valence-corrected chi connectivity index (χ1v) is 4.24. The lowest BCUT2D eigenvalue weighted by atomic mass is 10.3. The summed E-state index contributed by atoms with van der Waals surface area (Å²) in [4.78, 5) is 10.3.